The van der Waals surface area contributed by atoms with E-state index in [1.807, 2.05) is 0 Å². The molecule has 0 unspecified atom stereocenters. The molecule has 0 saturated heterocycles. The van der Waals surface area contributed by atoms with Crippen molar-refractivity contribution in [3.8, 4) is 0 Å². The zero-order chi connectivity index (χ0) is 5.54. The van der Waals surface area contributed by atoms with Gasteiger partial charge in [0.1, 0.15) is 0 Å². The second-order valence-corrected chi connectivity index (χ2v) is 1.62. The van der Waals surface area contributed by atoms with Crippen LogP contribution in [0, 0.1) is 6.92 Å². The molecule has 0 aromatic carbocycles. The summed E-state index contributed by atoms with van der Waals surface area (Å²) < 4.78 is 0. The van der Waals surface area contributed by atoms with E-state index < -0.39 is 0 Å². The summed E-state index contributed by atoms with van der Waals surface area (Å²) in [4.78, 5) is 0. The van der Waals surface area contributed by atoms with Crippen molar-refractivity contribution < 1.29 is 34.5 Å². The van der Waals surface area contributed by atoms with E-state index in [9.17, 15) is 5.11 Å². The number of rotatable bonds is 4. The van der Waals surface area contributed by atoms with Gasteiger partial charge in [-0.05, 0) is 0 Å². The minimum atomic E-state index is 0. The Morgan fingerprint density at radius 1 is 1.00 bits per heavy atom. The van der Waals surface area contributed by atoms with Crippen LogP contribution in [0.25, 0.3) is 0 Å². The molecule has 0 aliphatic heterocycles. The van der Waals surface area contributed by atoms with Crippen molar-refractivity contribution in [1.82, 2.24) is 0 Å². The fraction of sp³-hybridized carbons (Fsp3) is 0.833. The van der Waals surface area contributed by atoms with Gasteiger partial charge in [0.05, 0.1) is 0 Å². The maximum Gasteiger partial charge on any atom is 2.00 e. The average Bonchev–Trinajstić information content (AvgIpc) is 1.69. The Morgan fingerprint density at radius 3 is 1.73 bits per heavy atom. The molecule has 11 heavy (non-hydrogen) atoms. The number of hydrogen-bond donors (Lipinski definition) is 0. The molecule has 0 heterocycles. The molecule has 0 aliphatic carbocycles. The fourth-order valence-electron chi connectivity index (χ4n) is 0.456. The van der Waals surface area contributed by atoms with Crippen LogP contribution in [0.15, 0.2) is 0 Å². The summed E-state index contributed by atoms with van der Waals surface area (Å²) >= 11 is 0. The molecule has 0 aliphatic rings. The molecule has 0 rings (SSSR count). The SMILES string of the molecule is [Br-].[CH2-]CCCCC[O-].[Cl-].[Mg+2].[Mg+2]. The zero-order valence-corrected chi connectivity index (χ0v) is 12.0. The summed E-state index contributed by atoms with van der Waals surface area (Å²) in [6.45, 7) is 3.74. The van der Waals surface area contributed by atoms with Gasteiger partial charge in [-0.25, -0.2) is 0 Å². The Balaban J connectivity index is -0.0000000300. The van der Waals surface area contributed by atoms with E-state index in [4.69, 9.17) is 0 Å². The van der Waals surface area contributed by atoms with Gasteiger partial charge in [0.15, 0.2) is 0 Å². The first-order chi connectivity index (χ1) is 3.41. The molecule has 0 saturated carbocycles. The van der Waals surface area contributed by atoms with Crippen molar-refractivity contribution >= 4 is 46.1 Å². The minimum absolute atomic E-state index is 0. The molecule has 0 amide bonds. The van der Waals surface area contributed by atoms with Crippen LogP contribution in [0.1, 0.15) is 25.7 Å². The molecule has 0 aromatic rings. The summed E-state index contributed by atoms with van der Waals surface area (Å²) in [5, 5.41) is 9.78. The van der Waals surface area contributed by atoms with Crippen LogP contribution >= 0.6 is 0 Å². The predicted octanol–water partition coefficient (Wildman–Crippen LogP) is -6.01. The van der Waals surface area contributed by atoms with Gasteiger partial charge in [-0.15, -0.1) is 6.61 Å². The molecular weight excluding hydrogens is 252 g/mol. The van der Waals surface area contributed by atoms with Crippen molar-refractivity contribution in [2.45, 2.75) is 25.7 Å². The van der Waals surface area contributed by atoms with E-state index in [0.717, 1.165) is 25.7 Å². The van der Waals surface area contributed by atoms with Crippen LogP contribution in [-0.2, 0) is 0 Å². The monoisotopic (exact) mass is 262 g/mol. The van der Waals surface area contributed by atoms with E-state index in [1.165, 1.54) is 0 Å². The Morgan fingerprint density at radius 2 is 1.45 bits per heavy atom. The summed E-state index contributed by atoms with van der Waals surface area (Å²) in [5.74, 6) is 0. The normalized spacial score (nSPS) is 6.00. The second-order valence-electron chi connectivity index (χ2n) is 1.62. The third-order valence-electron chi connectivity index (χ3n) is 0.894. The van der Waals surface area contributed by atoms with Gasteiger partial charge in [-0.1, -0.05) is 19.3 Å². The van der Waals surface area contributed by atoms with E-state index in [1.54, 1.807) is 0 Å². The number of halogens is 2. The smallest absolute Gasteiger partial charge is 1.00 e. The van der Waals surface area contributed by atoms with Crippen LogP contribution in [-0.4, -0.2) is 52.7 Å². The van der Waals surface area contributed by atoms with E-state index >= 15 is 0 Å². The third kappa shape index (κ3) is 32.9. The molecule has 0 fully saturated rings. The second kappa shape index (κ2) is 29.5. The van der Waals surface area contributed by atoms with Gasteiger partial charge in [0.25, 0.3) is 0 Å². The molecule has 0 radical (unpaired) electrons. The largest absolute Gasteiger partial charge is 2.00 e. The number of hydrogen-bond acceptors (Lipinski definition) is 1. The van der Waals surface area contributed by atoms with Crippen LogP contribution in [0.2, 0.25) is 0 Å². The number of unbranched alkanes of at least 4 members (excludes halogenated alkanes) is 3. The van der Waals surface area contributed by atoms with Gasteiger partial charge in [0.2, 0.25) is 0 Å². The first-order valence-electron chi connectivity index (χ1n) is 2.79. The molecule has 0 aromatic heterocycles. The van der Waals surface area contributed by atoms with Crippen molar-refractivity contribution in [3.63, 3.8) is 0 Å². The molecule has 5 heteroatoms. The summed E-state index contributed by atoms with van der Waals surface area (Å²) in [6.07, 6.45) is 3.98. The maximum atomic E-state index is 9.78. The molecule has 0 bridgehead atoms. The molecular formula is C6H12BrClMg2O. The fourth-order valence-corrected chi connectivity index (χ4v) is 0.456. The zero-order valence-electron chi connectivity index (χ0n) is 6.82. The van der Waals surface area contributed by atoms with Gasteiger partial charge >= 0.3 is 46.1 Å². The van der Waals surface area contributed by atoms with Gasteiger partial charge < -0.3 is 41.4 Å². The summed E-state index contributed by atoms with van der Waals surface area (Å²) in [5.41, 5.74) is 0. The first kappa shape index (κ1) is 29.2. The van der Waals surface area contributed by atoms with Crippen molar-refractivity contribution in [2.24, 2.45) is 0 Å². The molecule has 0 N–H and O–H groups in total. The van der Waals surface area contributed by atoms with Gasteiger partial charge in [0, 0.05) is 0 Å². The van der Waals surface area contributed by atoms with Crippen LogP contribution < -0.4 is 34.5 Å². The van der Waals surface area contributed by atoms with Crippen LogP contribution in [0.4, 0.5) is 0 Å². The Kier molecular flexibility index (Phi) is 78.3. The molecule has 1 nitrogen and oxygen atoms in total. The summed E-state index contributed by atoms with van der Waals surface area (Å²) in [7, 11) is 0. The van der Waals surface area contributed by atoms with E-state index in [-0.39, 0.29) is 82.1 Å². The van der Waals surface area contributed by atoms with Crippen LogP contribution in [0.5, 0.6) is 0 Å². The predicted molar refractivity (Wildman–Crippen MR) is 40.2 cm³/mol. The maximum absolute atomic E-state index is 9.78. The van der Waals surface area contributed by atoms with Crippen molar-refractivity contribution in [3.05, 3.63) is 6.92 Å². The van der Waals surface area contributed by atoms with Gasteiger partial charge in [-0.2, -0.15) is 6.42 Å². The third-order valence-corrected chi connectivity index (χ3v) is 0.894. The van der Waals surface area contributed by atoms with Crippen LogP contribution in [0.3, 0.4) is 0 Å². The Hall–Kier alpha value is 2.26. The minimum Gasteiger partial charge on any atom is -1.00 e. The molecule has 60 valence electrons. The van der Waals surface area contributed by atoms with E-state index in [2.05, 4.69) is 6.92 Å². The standard InChI is InChI=1S/C6H12O.BrH.ClH.2Mg/c1-2-3-4-5-6-7;;;;/h1-6H2;2*1H;;/q-2;;;2*+2/p-2. The Bertz CT molecular complexity index is 39.8. The summed E-state index contributed by atoms with van der Waals surface area (Å²) in [6, 6.07) is 0. The van der Waals surface area contributed by atoms with Crippen molar-refractivity contribution in [1.29, 1.82) is 0 Å². The molecule has 0 atom stereocenters. The first-order valence-corrected chi connectivity index (χ1v) is 2.79. The van der Waals surface area contributed by atoms with E-state index in [0.29, 0.717) is 0 Å². The topological polar surface area (TPSA) is 23.1 Å². The molecule has 0 spiro atoms. The van der Waals surface area contributed by atoms with Gasteiger partial charge in [-0.3, -0.25) is 0 Å². The Labute approximate surface area is 119 Å². The average molecular weight is 264 g/mol. The quantitative estimate of drug-likeness (QED) is 0.282. The van der Waals surface area contributed by atoms with Crippen molar-refractivity contribution in [2.75, 3.05) is 6.61 Å².